The number of carbonyl (C=O) groups is 3. The maximum atomic E-state index is 12.3. The average molecular weight is 326 g/mol. The van der Waals surface area contributed by atoms with Gasteiger partial charge in [0.1, 0.15) is 5.60 Å². The highest BCUT2D eigenvalue weighted by molar-refractivity contribution is 5.83. The fraction of sp³-hybridized carbons (Fsp3) is 0.812. The van der Waals surface area contributed by atoms with Crippen molar-refractivity contribution < 1.29 is 23.9 Å². The Hall–Kier alpha value is -1.79. The number of alkyl carbamates (subject to hydrolysis) is 1. The molecule has 130 valence electrons. The lowest BCUT2D eigenvalue weighted by Crippen LogP contribution is -2.58. The van der Waals surface area contributed by atoms with Crippen molar-refractivity contribution in [2.45, 2.75) is 64.1 Å². The third-order valence-corrected chi connectivity index (χ3v) is 4.42. The number of methoxy groups -OCH3 is 1. The average Bonchev–Trinajstić information content (AvgIpc) is 2.37. The van der Waals surface area contributed by atoms with Crippen LogP contribution in [0.25, 0.3) is 0 Å². The van der Waals surface area contributed by atoms with Gasteiger partial charge in [0.05, 0.1) is 18.9 Å². The quantitative estimate of drug-likeness (QED) is 0.761. The van der Waals surface area contributed by atoms with E-state index in [1.165, 1.54) is 7.11 Å². The highest BCUT2D eigenvalue weighted by Gasteiger charge is 2.43. The topological polar surface area (TPSA) is 93.7 Å². The summed E-state index contributed by atoms with van der Waals surface area (Å²) in [5.74, 6) is -0.905. The zero-order valence-electron chi connectivity index (χ0n) is 14.2. The largest absolute Gasteiger partial charge is 0.469 e. The van der Waals surface area contributed by atoms with Gasteiger partial charge in [0.2, 0.25) is 5.91 Å². The van der Waals surface area contributed by atoms with Crippen LogP contribution in [0.2, 0.25) is 0 Å². The van der Waals surface area contributed by atoms with Gasteiger partial charge < -0.3 is 20.1 Å². The lowest BCUT2D eigenvalue weighted by molar-refractivity contribution is -0.150. The van der Waals surface area contributed by atoms with Crippen LogP contribution in [0.15, 0.2) is 0 Å². The van der Waals surface area contributed by atoms with Crippen LogP contribution >= 0.6 is 0 Å². The molecular weight excluding hydrogens is 300 g/mol. The van der Waals surface area contributed by atoms with Gasteiger partial charge in [-0.1, -0.05) is 0 Å². The lowest BCUT2D eigenvalue weighted by Gasteiger charge is -2.40. The Morgan fingerprint density at radius 3 is 1.91 bits per heavy atom. The Kier molecular flexibility index (Phi) is 5.16. The molecule has 2 fully saturated rings. The van der Waals surface area contributed by atoms with Gasteiger partial charge in [0.25, 0.3) is 0 Å². The highest BCUT2D eigenvalue weighted by atomic mass is 16.6. The Morgan fingerprint density at radius 2 is 1.48 bits per heavy atom. The molecule has 0 saturated heterocycles. The van der Waals surface area contributed by atoms with Crippen LogP contribution in [0.5, 0.6) is 0 Å². The number of ether oxygens (including phenoxy) is 2. The molecule has 0 bridgehead atoms. The van der Waals surface area contributed by atoms with Gasteiger partial charge in [-0.3, -0.25) is 9.59 Å². The molecule has 4 atom stereocenters. The van der Waals surface area contributed by atoms with Crippen molar-refractivity contribution in [1.29, 1.82) is 0 Å². The van der Waals surface area contributed by atoms with E-state index in [0.29, 0.717) is 0 Å². The van der Waals surface area contributed by atoms with Crippen molar-refractivity contribution in [3.8, 4) is 0 Å². The van der Waals surface area contributed by atoms with E-state index in [9.17, 15) is 14.4 Å². The van der Waals surface area contributed by atoms with Gasteiger partial charge in [0, 0.05) is 12.1 Å². The molecule has 2 amide bonds. The molecule has 2 aliphatic rings. The highest BCUT2D eigenvalue weighted by Crippen LogP contribution is 2.32. The van der Waals surface area contributed by atoms with E-state index in [1.54, 1.807) is 20.8 Å². The third kappa shape index (κ3) is 4.36. The summed E-state index contributed by atoms with van der Waals surface area (Å²) in [6, 6.07) is -0.362. The van der Waals surface area contributed by atoms with Gasteiger partial charge in [-0.05, 0) is 46.5 Å². The number of amides is 2. The maximum Gasteiger partial charge on any atom is 0.407 e. The molecule has 2 rings (SSSR count). The Labute approximate surface area is 136 Å². The van der Waals surface area contributed by atoms with Gasteiger partial charge in [-0.25, -0.2) is 4.79 Å². The molecule has 0 aromatic heterocycles. The molecule has 0 aromatic carbocycles. The van der Waals surface area contributed by atoms with Crippen LogP contribution in [-0.2, 0) is 19.1 Å². The summed E-state index contributed by atoms with van der Waals surface area (Å²) in [5, 5.41) is 5.65. The first-order valence-electron chi connectivity index (χ1n) is 8.09. The van der Waals surface area contributed by atoms with E-state index in [4.69, 9.17) is 9.47 Å². The second kappa shape index (κ2) is 6.76. The number of hydrogen-bond donors (Lipinski definition) is 2. The number of hydrogen-bond acceptors (Lipinski definition) is 5. The summed E-state index contributed by atoms with van der Waals surface area (Å²) in [6.07, 6.45) is 2.49. The zero-order chi connectivity index (χ0) is 17.2. The maximum absolute atomic E-state index is 12.3. The smallest absolute Gasteiger partial charge is 0.407 e. The Bertz CT molecular complexity index is 485. The van der Waals surface area contributed by atoms with Crippen molar-refractivity contribution in [3.63, 3.8) is 0 Å². The summed E-state index contributed by atoms with van der Waals surface area (Å²) < 4.78 is 9.93. The molecule has 23 heavy (non-hydrogen) atoms. The van der Waals surface area contributed by atoms with Crippen LogP contribution in [0.1, 0.15) is 46.5 Å². The van der Waals surface area contributed by atoms with Crippen molar-refractivity contribution in [3.05, 3.63) is 0 Å². The number of carbonyl (C=O) groups excluding carboxylic acids is 3. The number of nitrogens with one attached hydrogen (secondary N) is 2. The molecular formula is C16H26N2O5. The van der Waals surface area contributed by atoms with E-state index < -0.39 is 11.7 Å². The van der Waals surface area contributed by atoms with Gasteiger partial charge >= 0.3 is 12.1 Å². The summed E-state index contributed by atoms with van der Waals surface area (Å²) in [5.41, 5.74) is -0.564. The molecule has 0 heterocycles. The second-order valence-electron chi connectivity index (χ2n) is 7.26. The van der Waals surface area contributed by atoms with Crippen molar-refractivity contribution in [2.75, 3.05) is 7.11 Å². The first-order chi connectivity index (χ1) is 10.7. The molecule has 0 aliphatic heterocycles. The molecule has 7 nitrogen and oxygen atoms in total. The second-order valence-corrected chi connectivity index (χ2v) is 7.26. The standard InChI is InChI=1S/C16H26N2O5/c1-16(2,3)23-15(21)18-11-7-5-9(11)13(19)17-12-8-6-10(12)14(20)22-4/h9-12H,5-8H2,1-4H3,(H,17,19)(H,18,21)/t9-,10+,11+,12+/m1/s1. The van der Waals surface area contributed by atoms with Crippen LogP contribution in [0, 0.1) is 11.8 Å². The first-order valence-corrected chi connectivity index (χ1v) is 8.09. The minimum Gasteiger partial charge on any atom is -0.469 e. The van der Waals surface area contributed by atoms with Crippen LogP contribution in [0.4, 0.5) is 4.79 Å². The van der Waals surface area contributed by atoms with Crippen molar-refractivity contribution in [1.82, 2.24) is 10.6 Å². The van der Waals surface area contributed by atoms with E-state index in [0.717, 1.165) is 25.7 Å². The minimum atomic E-state index is -0.564. The van der Waals surface area contributed by atoms with Crippen LogP contribution in [-0.4, -0.2) is 42.8 Å². The van der Waals surface area contributed by atoms with Gasteiger partial charge in [0.15, 0.2) is 0 Å². The molecule has 2 N–H and O–H groups in total. The van der Waals surface area contributed by atoms with E-state index in [2.05, 4.69) is 10.6 Å². The van der Waals surface area contributed by atoms with E-state index >= 15 is 0 Å². The van der Waals surface area contributed by atoms with Crippen LogP contribution < -0.4 is 10.6 Å². The van der Waals surface area contributed by atoms with Gasteiger partial charge in [-0.2, -0.15) is 0 Å². The number of esters is 1. The minimum absolute atomic E-state index is 0.115. The summed E-state index contributed by atoms with van der Waals surface area (Å²) >= 11 is 0. The normalized spacial score (nSPS) is 29.6. The molecule has 7 heteroatoms. The molecule has 0 aromatic rings. The molecule has 2 aliphatic carbocycles. The molecule has 0 spiro atoms. The molecule has 0 radical (unpaired) electrons. The van der Waals surface area contributed by atoms with Crippen molar-refractivity contribution in [2.24, 2.45) is 11.8 Å². The summed E-state index contributed by atoms with van der Waals surface area (Å²) in [4.78, 5) is 35.6. The fourth-order valence-electron chi connectivity index (χ4n) is 2.84. The zero-order valence-corrected chi connectivity index (χ0v) is 14.2. The van der Waals surface area contributed by atoms with Crippen LogP contribution in [0.3, 0.4) is 0 Å². The summed E-state index contributed by atoms with van der Waals surface area (Å²) in [7, 11) is 1.35. The first kappa shape index (κ1) is 17.6. The molecule has 2 saturated carbocycles. The SMILES string of the molecule is COC(=O)[C@H]1CC[C@@H]1NC(=O)[C@@H]1CC[C@@H]1NC(=O)OC(C)(C)C. The Balaban J connectivity index is 1.79. The monoisotopic (exact) mass is 326 g/mol. The predicted molar refractivity (Wildman–Crippen MR) is 82.6 cm³/mol. The fourth-order valence-corrected chi connectivity index (χ4v) is 2.84. The summed E-state index contributed by atoms with van der Waals surface area (Å²) in [6.45, 7) is 5.38. The van der Waals surface area contributed by atoms with Gasteiger partial charge in [-0.15, -0.1) is 0 Å². The van der Waals surface area contributed by atoms with E-state index in [1.807, 2.05) is 0 Å². The predicted octanol–water partition coefficient (Wildman–Crippen LogP) is 1.36. The lowest BCUT2D eigenvalue weighted by atomic mass is 9.76. The van der Waals surface area contributed by atoms with Crippen molar-refractivity contribution >= 4 is 18.0 Å². The molecule has 0 unspecified atom stereocenters. The van der Waals surface area contributed by atoms with E-state index in [-0.39, 0.29) is 35.8 Å². The third-order valence-electron chi connectivity index (χ3n) is 4.42. The number of rotatable bonds is 4. The Morgan fingerprint density at radius 1 is 0.913 bits per heavy atom.